The maximum absolute atomic E-state index is 13.7. The van der Waals surface area contributed by atoms with Crippen LogP contribution in [-0.2, 0) is 35.3 Å². The van der Waals surface area contributed by atoms with Crippen LogP contribution in [0.5, 0.6) is 0 Å². The maximum Gasteiger partial charge on any atom is 0.234 e. The zero-order chi connectivity index (χ0) is 31.6. The summed E-state index contributed by atoms with van der Waals surface area (Å²) in [6, 6.07) is 36.7. The highest BCUT2D eigenvalue weighted by Crippen LogP contribution is 2.36. The third-order valence-electron chi connectivity index (χ3n) is 8.14. The molecular formula is C38H38N4O2S2. The number of rotatable bonds is 15. The van der Waals surface area contributed by atoms with E-state index in [1.54, 1.807) is 0 Å². The summed E-state index contributed by atoms with van der Waals surface area (Å²) in [5.74, 6) is -0.0388. The van der Waals surface area contributed by atoms with E-state index in [0.29, 0.717) is 25.9 Å². The number of para-hydroxylation sites is 2. The summed E-state index contributed by atoms with van der Waals surface area (Å²) in [4.78, 5) is 34.2. The van der Waals surface area contributed by atoms with Gasteiger partial charge in [0.2, 0.25) is 11.8 Å². The van der Waals surface area contributed by atoms with Crippen molar-refractivity contribution in [3.05, 3.63) is 144 Å². The average molecular weight is 647 g/mol. The molecule has 2 atom stereocenters. The third-order valence-corrected chi connectivity index (χ3v) is 11.2. The first-order chi connectivity index (χ1) is 22.6. The second kappa shape index (κ2) is 15.7. The first kappa shape index (κ1) is 31.6. The Bertz CT molecular complexity index is 1730. The lowest BCUT2D eigenvalue weighted by molar-refractivity contribution is -0.121. The SMILES string of the molecule is O=C(NCCc1ccccc1)C(Cc1c[nH]c2ccccc12)SSC(Cc1c[nH]c2ccccc12)C(=O)NCCc1ccccc1. The minimum Gasteiger partial charge on any atom is -0.361 e. The standard InChI is InChI=1S/C38H38N4O2S2/c43-37(39-21-19-27-11-3-1-4-12-27)35(23-29-25-41-33-17-9-7-15-31(29)33)45-46-36(24-30-26-42-34-18-10-8-16-32(30)34)38(44)40-22-20-28-13-5-2-6-14-28/h1-18,25-26,35-36,41-42H,19-24H2,(H,39,43)(H,40,44). The molecule has 6 aromatic rings. The lowest BCUT2D eigenvalue weighted by Crippen LogP contribution is -2.37. The van der Waals surface area contributed by atoms with Crippen molar-refractivity contribution < 1.29 is 9.59 Å². The van der Waals surface area contributed by atoms with Crippen LogP contribution in [0, 0.1) is 0 Å². The molecule has 2 unspecified atom stereocenters. The molecular weight excluding hydrogens is 609 g/mol. The van der Waals surface area contributed by atoms with Crippen molar-refractivity contribution in [2.75, 3.05) is 13.1 Å². The van der Waals surface area contributed by atoms with E-state index < -0.39 is 0 Å². The average Bonchev–Trinajstić information content (AvgIpc) is 3.70. The Morgan fingerprint density at radius 2 is 0.935 bits per heavy atom. The molecule has 0 saturated heterocycles. The lowest BCUT2D eigenvalue weighted by atomic mass is 10.1. The number of hydrogen-bond donors (Lipinski definition) is 4. The maximum atomic E-state index is 13.7. The molecule has 0 bridgehead atoms. The summed E-state index contributed by atoms with van der Waals surface area (Å²) in [5.41, 5.74) is 6.65. The quantitative estimate of drug-likeness (QED) is 0.0884. The van der Waals surface area contributed by atoms with Crippen LogP contribution in [-0.4, -0.2) is 45.4 Å². The van der Waals surface area contributed by atoms with E-state index in [1.165, 1.54) is 32.7 Å². The molecule has 46 heavy (non-hydrogen) atoms. The highest BCUT2D eigenvalue weighted by Gasteiger charge is 2.27. The molecule has 0 aliphatic rings. The Balaban J connectivity index is 1.18. The molecule has 2 heterocycles. The van der Waals surface area contributed by atoms with Crippen LogP contribution in [0.25, 0.3) is 21.8 Å². The van der Waals surface area contributed by atoms with Gasteiger partial charge >= 0.3 is 0 Å². The van der Waals surface area contributed by atoms with Crippen LogP contribution >= 0.6 is 21.6 Å². The van der Waals surface area contributed by atoms with Gasteiger partial charge in [-0.25, -0.2) is 0 Å². The molecule has 2 amide bonds. The van der Waals surface area contributed by atoms with E-state index in [2.05, 4.69) is 57.0 Å². The van der Waals surface area contributed by atoms with E-state index >= 15 is 0 Å². The number of carbonyl (C=O) groups is 2. The number of hydrogen-bond acceptors (Lipinski definition) is 4. The fraction of sp³-hybridized carbons (Fsp3) is 0.211. The molecule has 6 nitrogen and oxygen atoms in total. The van der Waals surface area contributed by atoms with Crippen molar-refractivity contribution in [2.24, 2.45) is 0 Å². The minimum atomic E-state index is -0.387. The molecule has 6 rings (SSSR count). The fourth-order valence-electron chi connectivity index (χ4n) is 5.65. The van der Waals surface area contributed by atoms with Gasteiger partial charge in [0.1, 0.15) is 0 Å². The molecule has 0 saturated carbocycles. The molecule has 0 spiro atoms. The second-order valence-corrected chi connectivity index (χ2v) is 14.0. The normalized spacial score (nSPS) is 12.6. The summed E-state index contributed by atoms with van der Waals surface area (Å²) in [6.07, 6.45) is 6.62. The Hall–Kier alpha value is -4.40. The van der Waals surface area contributed by atoms with E-state index in [0.717, 1.165) is 45.8 Å². The zero-order valence-electron chi connectivity index (χ0n) is 25.6. The summed E-state index contributed by atoms with van der Waals surface area (Å²) >= 11 is 0. The van der Waals surface area contributed by atoms with Crippen molar-refractivity contribution in [3.63, 3.8) is 0 Å². The highest BCUT2D eigenvalue weighted by molar-refractivity contribution is 8.77. The van der Waals surface area contributed by atoms with Gasteiger partial charge in [-0.3, -0.25) is 9.59 Å². The van der Waals surface area contributed by atoms with Gasteiger partial charge in [-0.05, 0) is 60.1 Å². The monoisotopic (exact) mass is 646 g/mol. The van der Waals surface area contributed by atoms with Gasteiger partial charge in [-0.1, -0.05) is 119 Å². The van der Waals surface area contributed by atoms with Crippen molar-refractivity contribution in [3.8, 4) is 0 Å². The number of amides is 2. The summed E-state index contributed by atoms with van der Waals surface area (Å²) in [7, 11) is 2.99. The van der Waals surface area contributed by atoms with E-state index in [4.69, 9.17) is 0 Å². The van der Waals surface area contributed by atoms with Crippen molar-refractivity contribution >= 4 is 55.2 Å². The summed E-state index contributed by atoms with van der Waals surface area (Å²) in [6.45, 7) is 1.11. The number of H-pyrrole nitrogens is 2. The summed E-state index contributed by atoms with van der Waals surface area (Å²) < 4.78 is 0. The van der Waals surface area contributed by atoms with Crippen molar-refractivity contribution in [2.45, 2.75) is 36.2 Å². The molecule has 234 valence electrons. The minimum absolute atomic E-state index is 0.0194. The molecule has 0 fully saturated rings. The Morgan fingerprint density at radius 3 is 1.37 bits per heavy atom. The molecule has 0 radical (unpaired) electrons. The Morgan fingerprint density at radius 1 is 0.543 bits per heavy atom. The van der Waals surface area contributed by atoms with E-state index in [-0.39, 0.29) is 22.3 Å². The zero-order valence-corrected chi connectivity index (χ0v) is 27.2. The van der Waals surface area contributed by atoms with Crippen LogP contribution < -0.4 is 10.6 Å². The van der Waals surface area contributed by atoms with Gasteiger partial charge in [0.15, 0.2) is 0 Å². The van der Waals surface area contributed by atoms with E-state index in [9.17, 15) is 9.59 Å². The summed E-state index contributed by atoms with van der Waals surface area (Å²) in [5, 5.41) is 7.81. The van der Waals surface area contributed by atoms with Crippen molar-refractivity contribution in [1.29, 1.82) is 0 Å². The smallest absolute Gasteiger partial charge is 0.234 e. The first-order valence-electron chi connectivity index (χ1n) is 15.7. The number of fused-ring (bicyclic) bond motifs is 2. The predicted molar refractivity (Wildman–Crippen MR) is 193 cm³/mol. The van der Waals surface area contributed by atoms with Gasteiger partial charge in [0, 0.05) is 47.3 Å². The topological polar surface area (TPSA) is 89.8 Å². The van der Waals surface area contributed by atoms with Gasteiger partial charge in [0.05, 0.1) is 10.5 Å². The van der Waals surface area contributed by atoms with Crippen LogP contribution in [0.2, 0.25) is 0 Å². The highest BCUT2D eigenvalue weighted by atomic mass is 33.1. The van der Waals surface area contributed by atoms with Gasteiger partial charge < -0.3 is 20.6 Å². The second-order valence-electron chi connectivity index (χ2n) is 11.4. The number of aromatic amines is 2. The van der Waals surface area contributed by atoms with Crippen LogP contribution in [0.15, 0.2) is 122 Å². The number of nitrogens with one attached hydrogen (secondary N) is 4. The van der Waals surface area contributed by atoms with Crippen LogP contribution in [0.4, 0.5) is 0 Å². The van der Waals surface area contributed by atoms with Crippen LogP contribution in [0.3, 0.4) is 0 Å². The first-order valence-corrected chi connectivity index (χ1v) is 18.0. The molecule has 0 aliphatic carbocycles. The Labute approximate surface area is 277 Å². The lowest BCUT2D eigenvalue weighted by Gasteiger charge is -2.20. The predicted octanol–water partition coefficient (Wildman–Crippen LogP) is 7.27. The molecule has 4 N–H and O–H groups in total. The molecule has 8 heteroatoms. The van der Waals surface area contributed by atoms with E-state index in [1.807, 2.05) is 85.2 Å². The third kappa shape index (κ3) is 8.24. The number of benzene rings is 4. The molecule has 4 aromatic carbocycles. The van der Waals surface area contributed by atoms with Crippen molar-refractivity contribution in [1.82, 2.24) is 20.6 Å². The Kier molecular flexibility index (Phi) is 10.8. The number of carbonyl (C=O) groups excluding carboxylic acids is 2. The number of aromatic nitrogens is 2. The fourth-order valence-corrected chi connectivity index (χ4v) is 8.49. The largest absolute Gasteiger partial charge is 0.361 e. The van der Waals surface area contributed by atoms with Gasteiger partial charge in [0.25, 0.3) is 0 Å². The van der Waals surface area contributed by atoms with Crippen LogP contribution in [0.1, 0.15) is 22.3 Å². The van der Waals surface area contributed by atoms with Gasteiger partial charge in [-0.15, -0.1) is 0 Å². The molecule has 0 aliphatic heterocycles. The molecule has 2 aromatic heterocycles. The van der Waals surface area contributed by atoms with Gasteiger partial charge in [-0.2, -0.15) is 0 Å².